The summed E-state index contributed by atoms with van der Waals surface area (Å²) in [6, 6.07) is 5.81. The summed E-state index contributed by atoms with van der Waals surface area (Å²) in [4.78, 5) is 11.2. The van der Waals surface area contributed by atoms with Gasteiger partial charge in [0.05, 0.1) is 7.11 Å². The third-order valence-electron chi connectivity index (χ3n) is 2.32. The maximum Gasteiger partial charge on any atom is 0.132 e. The van der Waals surface area contributed by atoms with Crippen molar-refractivity contribution in [2.75, 3.05) is 7.11 Å². The van der Waals surface area contributed by atoms with Gasteiger partial charge in [-0.1, -0.05) is 22.9 Å². The van der Waals surface area contributed by atoms with Gasteiger partial charge < -0.3 is 4.74 Å². The second-order valence-electron chi connectivity index (χ2n) is 3.35. The number of hydrogen-bond acceptors (Lipinski definition) is 2. The fourth-order valence-electron chi connectivity index (χ4n) is 1.32. The van der Waals surface area contributed by atoms with E-state index in [2.05, 4.69) is 15.9 Å². The fourth-order valence-corrected chi connectivity index (χ4v) is 1.77. The molecular weight excluding hydrogens is 256 g/mol. The number of rotatable bonds is 5. The van der Waals surface area contributed by atoms with E-state index >= 15 is 0 Å². The standard InChI is InChI=1S/C12H15BrO2/c1-3-10(14)5-4-9-8-11(15-2)6-7-12(9)13/h6-8H,3-5H2,1-2H3. The molecule has 0 fully saturated rings. The highest BCUT2D eigenvalue weighted by Crippen LogP contribution is 2.23. The average Bonchev–Trinajstić information content (AvgIpc) is 2.27. The van der Waals surface area contributed by atoms with E-state index in [0.29, 0.717) is 18.6 Å². The van der Waals surface area contributed by atoms with Crippen molar-refractivity contribution in [3.05, 3.63) is 28.2 Å². The van der Waals surface area contributed by atoms with Gasteiger partial charge in [-0.05, 0) is 30.2 Å². The van der Waals surface area contributed by atoms with Crippen molar-refractivity contribution in [2.45, 2.75) is 26.2 Å². The summed E-state index contributed by atoms with van der Waals surface area (Å²) in [7, 11) is 1.64. The van der Waals surface area contributed by atoms with Crippen molar-refractivity contribution in [3.63, 3.8) is 0 Å². The molecule has 0 aliphatic carbocycles. The lowest BCUT2D eigenvalue weighted by Crippen LogP contribution is -1.98. The van der Waals surface area contributed by atoms with Gasteiger partial charge in [-0.25, -0.2) is 0 Å². The fraction of sp³-hybridized carbons (Fsp3) is 0.417. The number of hydrogen-bond donors (Lipinski definition) is 0. The van der Waals surface area contributed by atoms with Gasteiger partial charge >= 0.3 is 0 Å². The summed E-state index contributed by atoms with van der Waals surface area (Å²) >= 11 is 3.46. The van der Waals surface area contributed by atoms with E-state index < -0.39 is 0 Å². The van der Waals surface area contributed by atoms with Gasteiger partial charge in [-0.3, -0.25) is 4.79 Å². The molecule has 0 unspecified atom stereocenters. The first kappa shape index (κ1) is 12.2. The molecule has 1 aromatic carbocycles. The molecule has 0 saturated carbocycles. The van der Waals surface area contributed by atoms with Gasteiger partial charge in [0.2, 0.25) is 0 Å². The Balaban J connectivity index is 2.70. The quantitative estimate of drug-likeness (QED) is 0.820. The van der Waals surface area contributed by atoms with Crippen molar-refractivity contribution in [3.8, 4) is 5.75 Å². The molecule has 0 aliphatic heterocycles. The van der Waals surface area contributed by atoms with Gasteiger partial charge in [0.15, 0.2) is 0 Å². The summed E-state index contributed by atoms with van der Waals surface area (Å²) in [6.07, 6.45) is 1.98. The van der Waals surface area contributed by atoms with Crippen LogP contribution in [-0.2, 0) is 11.2 Å². The number of Topliss-reactive ketones (excluding diaryl/α,β-unsaturated/α-hetero) is 1. The zero-order valence-electron chi connectivity index (χ0n) is 9.05. The molecule has 0 N–H and O–H groups in total. The molecule has 0 radical (unpaired) electrons. The molecule has 0 heterocycles. The van der Waals surface area contributed by atoms with Crippen LogP contribution in [0.4, 0.5) is 0 Å². The second-order valence-corrected chi connectivity index (χ2v) is 4.20. The summed E-state index contributed by atoms with van der Waals surface area (Å²) in [5.41, 5.74) is 1.12. The molecule has 3 heteroatoms. The van der Waals surface area contributed by atoms with Gasteiger partial charge in [0.1, 0.15) is 11.5 Å². The van der Waals surface area contributed by atoms with Crippen LogP contribution in [0, 0.1) is 0 Å². The first-order valence-corrected chi connectivity index (χ1v) is 5.80. The highest BCUT2D eigenvalue weighted by molar-refractivity contribution is 9.10. The third kappa shape index (κ3) is 3.67. The maximum atomic E-state index is 11.2. The van der Waals surface area contributed by atoms with Crippen molar-refractivity contribution < 1.29 is 9.53 Å². The van der Waals surface area contributed by atoms with Gasteiger partial charge in [-0.15, -0.1) is 0 Å². The smallest absolute Gasteiger partial charge is 0.132 e. The maximum absolute atomic E-state index is 11.2. The molecule has 0 aliphatic rings. The Morgan fingerprint density at radius 1 is 1.47 bits per heavy atom. The summed E-state index contributed by atoms with van der Waals surface area (Å²) < 4.78 is 6.17. The number of benzene rings is 1. The van der Waals surface area contributed by atoms with E-state index in [1.807, 2.05) is 25.1 Å². The van der Waals surface area contributed by atoms with Crippen LogP contribution in [0.5, 0.6) is 5.75 Å². The lowest BCUT2D eigenvalue weighted by atomic mass is 10.1. The number of carbonyl (C=O) groups is 1. The Morgan fingerprint density at radius 3 is 2.80 bits per heavy atom. The van der Waals surface area contributed by atoms with Crippen molar-refractivity contribution in [1.29, 1.82) is 0 Å². The zero-order valence-corrected chi connectivity index (χ0v) is 10.6. The number of methoxy groups -OCH3 is 1. The molecule has 0 amide bonds. The minimum atomic E-state index is 0.296. The number of ketones is 1. The predicted molar refractivity (Wildman–Crippen MR) is 64.3 cm³/mol. The van der Waals surface area contributed by atoms with Gasteiger partial charge in [0.25, 0.3) is 0 Å². The first-order chi connectivity index (χ1) is 7.17. The minimum absolute atomic E-state index is 0.296. The minimum Gasteiger partial charge on any atom is -0.497 e. The van der Waals surface area contributed by atoms with Crippen LogP contribution in [0.2, 0.25) is 0 Å². The molecule has 15 heavy (non-hydrogen) atoms. The molecule has 0 spiro atoms. The molecule has 0 saturated heterocycles. The van der Waals surface area contributed by atoms with Gasteiger partial charge in [-0.2, -0.15) is 0 Å². The lowest BCUT2D eigenvalue weighted by molar-refractivity contribution is -0.118. The molecule has 82 valence electrons. The number of ether oxygens (including phenoxy) is 1. The van der Waals surface area contributed by atoms with Crippen LogP contribution in [0.3, 0.4) is 0 Å². The normalized spacial score (nSPS) is 10.1. The molecule has 2 nitrogen and oxygen atoms in total. The summed E-state index contributed by atoms with van der Waals surface area (Å²) in [5, 5.41) is 0. The summed E-state index contributed by atoms with van der Waals surface area (Å²) in [5.74, 6) is 1.13. The highest BCUT2D eigenvalue weighted by atomic mass is 79.9. The monoisotopic (exact) mass is 270 g/mol. The molecule has 1 rings (SSSR count). The van der Waals surface area contributed by atoms with Crippen LogP contribution in [0.15, 0.2) is 22.7 Å². The van der Waals surface area contributed by atoms with E-state index in [-0.39, 0.29) is 0 Å². The lowest BCUT2D eigenvalue weighted by Gasteiger charge is -2.06. The Bertz CT molecular complexity index is 347. The van der Waals surface area contributed by atoms with Crippen LogP contribution in [0.1, 0.15) is 25.3 Å². The van der Waals surface area contributed by atoms with E-state index in [0.717, 1.165) is 22.2 Å². The first-order valence-electron chi connectivity index (χ1n) is 5.01. The largest absolute Gasteiger partial charge is 0.497 e. The number of carbonyl (C=O) groups excluding carboxylic acids is 1. The highest BCUT2D eigenvalue weighted by Gasteiger charge is 2.04. The Kier molecular flexibility index (Phi) is 4.82. The molecule has 0 bridgehead atoms. The number of aryl methyl sites for hydroxylation is 1. The molecular formula is C12H15BrO2. The van der Waals surface area contributed by atoms with Crippen molar-refractivity contribution >= 4 is 21.7 Å². The molecule has 0 aromatic heterocycles. The third-order valence-corrected chi connectivity index (χ3v) is 3.09. The zero-order chi connectivity index (χ0) is 11.3. The van der Waals surface area contributed by atoms with Crippen molar-refractivity contribution in [2.24, 2.45) is 0 Å². The van der Waals surface area contributed by atoms with E-state index in [1.54, 1.807) is 7.11 Å². The van der Waals surface area contributed by atoms with Crippen LogP contribution >= 0.6 is 15.9 Å². The molecule has 1 aromatic rings. The summed E-state index contributed by atoms with van der Waals surface area (Å²) in [6.45, 7) is 1.89. The second kappa shape index (κ2) is 5.91. The number of halogens is 1. The Hall–Kier alpha value is -0.830. The average molecular weight is 271 g/mol. The van der Waals surface area contributed by atoms with Crippen LogP contribution < -0.4 is 4.74 Å². The van der Waals surface area contributed by atoms with Crippen LogP contribution in [-0.4, -0.2) is 12.9 Å². The SMILES string of the molecule is CCC(=O)CCc1cc(OC)ccc1Br. The van der Waals surface area contributed by atoms with E-state index in [9.17, 15) is 4.79 Å². The van der Waals surface area contributed by atoms with E-state index in [1.165, 1.54) is 0 Å². The van der Waals surface area contributed by atoms with Crippen LogP contribution in [0.25, 0.3) is 0 Å². The Morgan fingerprint density at radius 2 is 2.20 bits per heavy atom. The topological polar surface area (TPSA) is 26.3 Å². The van der Waals surface area contributed by atoms with Crippen molar-refractivity contribution in [1.82, 2.24) is 0 Å². The molecule has 0 atom stereocenters. The predicted octanol–water partition coefficient (Wildman–Crippen LogP) is 3.37. The van der Waals surface area contributed by atoms with Gasteiger partial charge in [0, 0.05) is 17.3 Å². The Labute approximate surface area is 98.8 Å². The van der Waals surface area contributed by atoms with E-state index in [4.69, 9.17) is 4.74 Å².